The van der Waals surface area contributed by atoms with Crippen LogP contribution in [-0.4, -0.2) is 152 Å². The Morgan fingerprint density at radius 1 is 1.00 bits per heavy atom. The molecule has 1 fully saturated rings. The third-order valence-corrected chi connectivity index (χ3v) is 13.8. The Morgan fingerprint density at radius 3 is 2.45 bits per heavy atom. The highest BCUT2D eigenvalue weighted by atomic mass is 19.1. The zero-order valence-electron chi connectivity index (χ0n) is 43.2. The number of pyridine rings is 1. The van der Waals surface area contributed by atoms with Gasteiger partial charge in [-0.25, -0.2) is 14.1 Å². The number of hydrogen-bond donors (Lipinski definition) is 4. The minimum Gasteiger partial charge on any atom is -0.491 e. The zero-order chi connectivity index (χ0) is 52.7. The van der Waals surface area contributed by atoms with Crippen molar-refractivity contribution in [2.45, 2.75) is 97.2 Å². The first-order valence-corrected chi connectivity index (χ1v) is 24.7. The number of halogens is 1. The van der Waals surface area contributed by atoms with Crippen LogP contribution in [0.25, 0.3) is 11.1 Å². The molecule has 394 valence electrons. The topological polar surface area (TPSA) is 242 Å². The van der Waals surface area contributed by atoms with Crippen molar-refractivity contribution in [3.8, 4) is 22.8 Å². The van der Waals surface area contributed by atoms with E-state index in [1.807, 2.05) is 39.0 Å². The van der Waals surface area contributed by atoms with Crippen LogP contribution in [0, 0.1) is 11.2 Å². The number of carbonyl (C=O) groups excluding carboxylic acids is 5. The summed E-state index contributed by atoms with van der Waals surface area (Å²) in [7, 11) is 6.61. The average Bonchev–Trinajstić information content (AvgIpc) is 3.99. The summed E-state index contributed by atoms with van der Waals surface area (Å²) in [6, 6.07) is 9.16. The van der Waals surface area contributed by atoms with Crippen molar-refractivity contribution in [3.63, 3.8) is 0 Å². The van der Waals surface area contributed by atoms with Crippen molar-refractivity contribution in [2.75, 3.05) is 85.0 Å². The van der Waals surface area contributed by atoms with Gasteiger partial charge >= 0.3 is 0 Å². The van der Waals surface area contributed by atoms with E-state index in [1.54, 1.807) is 68.0 Å². The van der Waals surface area contributed by atoms with E-state index < -0.39 is 41.2 Å². The quantitative estimate of drug-likeness (QED) is 0.0985. The molecule has 2 bridgehead atoms. The van der Waals surface area contributed by atoms with Crippen LogP contribution in [0.5, 0.6) is 11.6 Å². The molecular weight excluding hydrogens is 942 g/mol. The molecule has 0 aliphatic carbocycles. The van der Waals surface area contributed by atoms with Crippen molar-refractivity contribution in [1.29, 1.82) is 0 Å². The van der Waals surface area contributed by atoms with Crippen LogP contribution in [-0.2, 0) is 54.7 Å². The first-order chi connectivity index (χ1) is 34.8. The Morgan fingerprint density at radius 2 is 1.74 bits per heavy atom. The fraction of sp³-hybridized carbons (Fsp3) is 0.519. The molecule has 2 aromatic heterocycles. The number of ether oxygens (including phenoxy) is 4. The summed E-state index contributed by atoms with van der Waals surface area (Å²) in [6.45, 7) is 9.97. The molecule has 0 unspecified atom stereocenters. The third-order valence-electron chi connectivity index (χ3n) is 13.8. The van der Waals surface area contributed by atoms with Crippen molar-refractivity contribution in [2.24, 2.45) is 11.1 Å². The predicted molar refractivity (Wildman–Crippen MR) is 271 cm³/mol. The van der Waals surface area contributed by atoms with Crippen LogP contribution in [0.15, 0.2) is 48.7 Å². The van der Waals surface area contributed by atoms with Gasteiger partial charge in [0.1, 0.15) is 36.1 Å². The first kappa shape index (κ1) is 53.9. The fourth-order valence-corrected chi connectivity index (χ4v) is 9.58. The summed E-state index contributed by atoms with van der Waals surface area (Å²) in [6.07, 6.45) is 3.57. The van der Waals surface area contributed by atoms with Gasteiger partial charge in [-0.2, -0.15) is 5.10 Å². The van der Waals surface area contributed by atoms with Gasteiger partial charge in [-0.3, -0.25) is 24.0 Å². The van der Waals surface area contributed by atoms with Gasteiger partial charge in [0, 0.05) is 57.5 Å². The van der Waals surface area contributed by atoms with Gasteiger partial charge in [-0.1, -0.05) is 26.8 Å². The number of nitrogen functional groups attached to an aromatic ring is 1. The lowest BCUT2D eigenvalue weighted by Crippen LogP contribution is -2.61. The van der Waals surface area contributed by atoms with Crippen LogP contribution in [0.1, 0.15) is 85.7 Å². The smallest absolute Gasteiger partial charge is 0.254 e. The number of nitrogens with two attached hydrogens (primary N) is 2. The van der Waals surface area contributed by atoms with E-state index in [1.165, 1.54) is 17.0 Å². The summed E-state index contributed by atoms with van der Waals surface area (Å²) in [5.74, 6) is -0.847. The van der Waals surface area contributed by atoms with Gasteiger partial charge in [-0.15, -0.1) is 0 Å². The van der Waals surface area contributed by atoms with E-state index in [-0.39, 0.29) is 89.3 Å². The standard InChI is InChI=1S/C52H70FN11O9/c1-31(56-5)48(67)58-45(52(2,3)4)50(69)63-29-34-24-36(13-11-32(34)25-42(63)47(55)66)73-23-22-72-21-20-71-19-15-43(65)60(6)17-18-64-51(70-8)44-33-26-41(46(54)57-28-33)62-16-9-10-40(62)38-27-35(53)12-14-37(38)49(68)61(7)30-39(44)59-64/h11-14,24,26-28,31,40,42,45,56H,9-10,15-23,25,29-30H2,1-8H3,(H2,54,57)(H2,55,66)(H,58,67)/t31-,40+,42-,45+/m0/s1. The SMILES string of the molecule is CN[C@@H](C)C(=O)N[C@H](C(=O)N1Cc2cc(OCCOCCOCCC(=O)N(C)CCn3nc4c(c3OC)-c3cnc(N)c(c3)N3CCC[C@@H]3c3cc(F)ccc3C(=O)N(C)C4)ccc2C[C@H]1C(N)=O)C(C)(C)C. The largest absolute Gasteiger partial charge is 0.491 e. The Labute approximate surface area is 425 Å². The van der Waals surface area contributed by atoms with Crippen molar-refractivity contribution < 1.29 is 47.3 Å². The van der Waals surface area contributed by atoms with E-state index in [4.69, 9.17) is 35.5 Å². The fourth-order valence-electron chi connectivity index (χ4n) is 9.58. The highest BCUT2D eigenvalue weighted by Gasteiger charge is 2.42. The molecule has 5 heterocycles. The number of hydrogen-bond acceptors (Lipinski definition) is 14. The predicted octanol–water partition coefficient (Wildman–Crippen LogP) is 3.44. The van der Waals surface area contributed by atoms with Crippen LogP contribution in [0.4, 0.5) is 15.9 Å². The normalized spacial score (nSPS) is 17.3. The Kier molecular flexibility index (Phi) is 17.3. The number of amides is 5. The molecule has 20 nitrogen and oxygen atoms in total. The van der Waals surface area contributed by atoms with E-state index in [0.717, 1.165) is 17.5 Å². The molecule has 2 aromatic carbocycles. The zero-order valence-corrected chi connectivity index (χ0v) is 43.2. The molecular formula is C52H70FN11O9. The Balaban J connectivity index is 0.881. The van der Waals surface area contributed by atoms with Crippen LogP contribution in [0.2, 0.25) is 0 Å². The monoisotopic (exact) mass is 1010 g/mol. The molecule has 5 amide bonds. The number of nitrogens with zero attached hydrogens (tertiary/aromatic N) is 7. The highest BCUT2D eigenvalue weighted by molar-refractivity contribution is 5.96. The first-order valence-electron chi connectivity index (χ1n) is 24.7. The lowest BCUT2D eigenvalue weighted by Gasteiger charge is -2.40. The number of carbonyl (C=O) groups is 5. The number of primary amides is 1. The maximum atomic E-state index is 14.7. The number of anilines is 2. The molecule has 1 saturated heterocycles. The summed E-state index contributed by atoms with van der Waals surface area (Å²) >= 11 is 0. The van der Waals surface area contributed by atoms with Gasteiger partial charge in [0.25, 0.3) is 5.91 Å². The lowest BCUT2D eigenvalue weighted by atomic mass is 9.84. The molecule has 3 aliphatic heterocycles. The molecule has 21 heteroatoms. The molecule has 4 atom stereocenters. The van der Waals surface area contributed by atoms with Gasteiger partial charge in [0.05, 0.1) is 82.1 Å². The summed E-state index contributed by atoms with van der Waals surface area (Å²) in [5.41, 5.74) is 16.9. The molecule has 4 aromatic rings. The van der Waals surface area contributed by atoms with Gasteiger partial charge < -0.3 is 60.6 Å². The molecule has 3 aliphatic rings. The molecule has 0 saturated carbocycles. The van der Waals surface area contributed by atoms with Crippen LogP contribution in [0.3, 0.4) is 0 Å². The number of fused-ring (bicyclic) bond motifs is 9. The highest BCUT2D eigenvalue weighted by Crippen LogP contribution is 2.44. The van der Waals surface area contributed by atoms with Gasteiger partial charge in [-0.05, 0) is 85.3 Å². The van der Waals surface area contributed by atoms with E-state index in [0.29, 0.717) is 70.6 Å². The summed E-state index contributed by atoms with van der Waals surface area (Å²) < 4.78 is 39.8. The number of nitrogens with one attached hydrogen (secondary N) is 2. The van der Waals surface area contributed by atoms with Crippen LogP contribution < -0.4 is 36.5 Å². The van der Waals surface area contributed by atoms with Crippen molar-refractivity contribution in [1.82, 2.24) is 40.1 Å². The minimum absolute atomic E-state index is 0.115. The molecule has 6 N–H and O–H groups in total. The molecule has 73 heavy (non-hydrogen) atoms. The number of rotatable bonds is 19. The second-order valence-corrected chi connectivity index (χ2v) is 19.9. The average molecular weight is 1010 g/mol. The number of likely N-dealkylation sites (N-methyl/N-ethyl adjacent to an activating group) is 2. The minimum atomic E-state index is -0.902. The van der Waals surface area contributed by atoms with Crippen molar-refractivity contribution >= 4 is 41.0 Å². The van der Waals surface area contributed by atoms with E-state index in [2.05, 4.69) is 20.5 Å². The summed E-state index contributed by atoms with van der Waals surface area (Å²) in [5, 5.41) is 10.7. The van der Waals surface area contributed by atoms with E-state index in [9.17, 15) is 28.4 Å². The maximum absolute atomic E-state index is 14.7. The number of benzene rings is 2. The second-order valence-electron chi connectivity index (χ2n) is 19.9. The van der Waals surface area contributed by atoms with Gasteiger partial charge in [0.2, 0.25) is 29.5 Å². The Hall–Kier alpha value is -6.84. The number of aromatic nitrogens is 3. The van der Waals surface area contributed by atoms with Gasteiger partial charge in [0.15, 0.2) is 0 Å². The maximum Gasteiger partial charge on any atom is 0.254 e. The summed E-state index contributed by atoms with van der Waals surface area (Å²) in [4.78, 5) is 78.1. The Bertz CT molecular complexity index is 2670. The third kappa shape index (κ3) is 12.3. The number of methoxy groups -OCH3 is 1. The second kappa shape index (κ2) is 23.4. The molecule has 7 rings (SSSR count). The molecule has 0 radical (unpaired) electrons. The molecule has 0 spiro atoms. The van der Waals surface area contributed by atoms with Crippen molar-refractivity contribution in [3.05, 3.63) is 82.4 Å². The van der Waals surface area contributed by atoms with Crippen LogP contribution >= 0.6 is 0 Å². The lowest BCUT2D eigenvalue weighted by molar-refractivity contribution is -0.146. The van der Waals surface area contributed by atoms with E-state index >= 15 is 0 Å².